The van der Waals surface area contributed by atoms with Crippen LogP contribution in [0.15, 0.2) is 67.6 Å². The van der Waals surface area contributed by atoms with E-state index in [0.29, 0.717) is 12.4 Å². The molecule has 1 aliphatic heterocycles. The SMILES string of the molecule is C=CC(=O)N1CCC[C@H]1c1nc(-c2ccc(Nc3ccccn3)c(C)c2)c2c(N)nccn12. The van der Waals surface area contributed by atoms with Crippen molar-refractivity contribution in [1.82, 2.24) is 24.3 Å². The van der Waals surface area contributed by atoms with Crippen molar-refractivity contribution in [3.63, 3.8) is 0 Å². The van der Waals surface area contributed by atoms with Gasteiger partial charge in [-0.05, 0) is 55.7 Å². The summed E-state index contributed by atoms with van der Waals surface area (Å²) in [4.78, 5) is 27.9. The molecular formula is C25H25N7O. The van der Waals surface area contributed by atoms with Crippen LogP contribution in [0, 0.1) is 6.92 Å². The number of benzene rings is 1. The number of nitrogens with two attached hydrogens (primary N) is 1. The fourth-order valence-corrected chi connectivity index (χ4v) is 4.47. The van der Waals surface area contributed by atoms with E-state index in [-0.39, 0.29) is 11.9 Å². The zero-order chi connectivity index (χ0) is 22.9. The van der Waals surface area contributed by atoms with E-state index >= 15 is 0 Å². The molecule has 1 atom stereocenters. The maximum atomic E-state index is 12.4. The minimum atomic E-state index is -0.134. The van der Waals surface area contributed by atoms with Crippen molar-refractivity contribution in [2.45, 2.75) is 25.8 Å². The number of anilines is 3. The molecule has 166 valence electrons. The second kappa shape index (κ2) is 8.38. The fraction of sp³-hybridized carbons (Fsp3) is 0.200. The maximum Gasteiger partial charge on any atom is 0.246 e. The van der Waals surface area contributed by atoms with Crippen LogP contribution in [0.5, 0.6) is 0 Å². The number of aromatic nitrogens is 4. The summed E-state index contributed by atoms with van der Waals surface area (Å²) in [7, 11) is 0. The summed E-state index contributed by atoms with van der Waals surface area (Å²) < 4.78 is 1.96. The predicted octanol–water partition coefficient (Wildman–Crippen LogP) is 4.28. The van der Waals surface area contributed by atoms with Crippen LogP contribution in [-0.4, -0.2) is 36.7 Å². The highest BCUT2D eigenvalue weighted by Gasteiger charge is 2.33. The molecule has 1 saturated heterocycles. The Bertz CT molecular complexity index is 1350. The summed E-state index contributed by atoms with van der Waals surface area (Å²) in [6.45, 7) is 6.38. The molecular weight excluding hydrogens is 414 g/mol. The van der Waals surface area contributed by atoms with Gasteiger partial charge in [0.1, 0.15) is 28.7 Å². The summed E-state index contributed by atoms with van der Waals surface area (Å²) in [5.41, 5.74) is 10.7. The van der Waals surface area contributed by atoms with Gasteiger partial charge in [0.05, 0.1) is 6.04 Å². The van der Waals surface area contributed by atoms with Crippen molar-refractivity contribution >= 4 is 28.7 Å². The number of nitrogens with one attached hydrogen (secondary N) is 1. The van der Waals surface area contributed by atoms with Crippen LogP contribution in [0.2, 0.25) is 0 Å². The predicted molar refractivity (Wildman–Crippen MR) is 129 cm³/mol. The fourth-order valence-electron chi connectivity index (χ4n) is 4.47. The summed E-state index contributed by atoms with van der Waals surface area (Å²) in [6, 6.07) is 11.7. The first-order chi connectivity index (χ1) is 16.1. The zero-order valence-electron chi connectivity index (χ0n) is 18.4. The Morgan fingerprint density at radius 1 is 1.24 bits per heavy atom. The lowest BCUT2D eigenvalue weighted by molar-refractivity contribution is -0.127. The number of amides is 1. The molecule has 0 unspecified atom stereocenters. The third kappa shape index (κ3) is 3.69. The van der Waals surface area contributed by atoms with Crippen molar-refractivity contribution in [3.8, 4) is 11.3 Å². The van der Waals surface area contributed by atoms with Crippen LogP contribution in [0.25, 0.3) is 16.8 Å². The Hall–Kier alpha value is -4.20. The first-order valence-corrected chi connectivity index (χ1v) is 10.9. The molecule has 8 nitrogen and oxygen atoms in total. The number of fused-ring (bicyclic) bond motifs is 1. The summed E-state index contributed by atoms with van der Waals surface area (Å²) in [5, 5.41) is 3.35. The molecule has 0 aliphatic carbocycles. The van der Waals surface area contributed by atoms with Crippen LogP contribution in [-0.2, 0) is 4.79 Å². The van der Waals surface area contributed by atoms with E-state index in [2.05, 4.69) is 27.9 Å². The van der Waals surface area contributed by atoms with Gasteiger partial charge in [-0.3, -0.25) is 9.20 Å². The number of hydrogen-bond acceptors (Lipinski definition) is 6. The number of aryl methyl sites for hydroxylation is 1. The Balaban J connectivity index is 1.58. The number of imidazole rings is 1. The van der Waals surface area contributed by atoms with Gasteiger partial charge >= 0.3 is 0 Å². The molecule has 4 heterocycles. The van der Waals surface area contributed by atoms with Crippen LogP contribution in [0.1, 0.15) is 30.3 Å². The van der Waals surface area contributed by atoms with E-state index < -0.39 is 0 Å². The standard InChI is InChI=1S/C25H25N7O/c1-3-21(33)31-13-6-7-19(31)25-30-22(23-24(26)28-12-14-32(23)25)17-9-10-18(16(2)15-17)29-20-8-4-5-11-27-20/h3-5,8-12,14-15,19H,1,6-7,13H2,2H3,(H2,26,28)(H,27,29)/t19-/m0/s1. The smallest absolute Gasteiger partial charge is 0.246 e. The van der Waals surface area contributed by atoms with Gasteiger partial charge in [0.15, 0.2) is 0 Å². The quantitative estimate of drug-likeness (QED) is 0.450. The summed E-state index contributed by atoms with van der Waals surface area (Å²) in [5.74, 6) is 1.89. The molecule has 1 amide bonds. The number of rotatable bonds is 5. The molecule has 8 heteroatoms. The zero-order valence-corrected chi connectivity index (χ0v) is 18.4. The molecule has 0 bridgehead atoms. The van der Waals surface area contributed by atoms with Gasteiger partial charge in [-0.25, -0.2) is 15.0 Å². The Morgan fingerprint density at radius 2 is 2.12 bits per heavy atom. The Morgan fingerprint density at radius 3 is 2.88 bits per heavy atom. The van der Waals surface area contributed by atoms with E-state index in [0.717, 1.165) is 52.5 Å². The third-order valence-electron chi connectivity index (χ3n) is 6.05. The van der Waals surface area contributed by atoms with Crippen LogP contribution in [0.4, 0.5) is 17.3 Å². The second-order valence-corrected chi connectivity index (χ2v) is 8.11. The molecule has 0 spiro atoms. The van der Waals surface area contributed by atoms with E-state index in [1.54, 1.807) is 12.4 Å². The van der Waals surface area contributed by atoms with Crippen molar-refractivity contribution < 1.29 is 4.79 Å². The van der Waals surface area contributed by atoms with Crippen LogP contribution >= 0.6 is 0 Å². The maximum absolute atomic E-state index is 12.4. The van der Waals surface area contributed by atoms with Crippen LogP contribution < -0.4 is 11.1 Å². The number of pyridine rings is 1. The van der Waals surface area contributed by atoms with E-state index in [9.17, 15) is 4.79 Å². The lowest BCUT2D eigenvalue weighted by atomic mass is 10.1. The number of hydrogen-bond donors (Lipinski definition) is 2. The van der Waals surface area contributed by atoms with Crippen molar-refractivity contribution in [2.75, 3.05) is 17.6 Å². The highest BCUT2D eigenvalue weighted by molar-refractivity contribution is 5.88. The van der Waals surface area contributed by atoms with E-state index in [1.165, 1.54) is 6.08 Å². The van der Waals surface area contributed by atoms with Gasteiger partial charge in [0.2, 0.25) is 5.91 Å². The Labute approximate surface area is 191 Å². The number of carbonyl (C=O) groups is 1. The first kappa shape index (κ1) is 20.7. The number of nitrogens with zero attached hydrogens (tertiary/aromatic N) is 5. The second-order valence-electron chi connectivity index (χ2n) is 8.11. The molecule has 0 radical (unpaired) electrons. The number of likely N-dealkylation sites (tertiary alicyclic amines) is 1. The lowest BCUT2D eigenvalue weighted by Gasteiger charge is -2.22. The van der Waals surface area contributed by atoms with Crippen molar-refractivity contribution in [3.05, 3.63) is 79.0 Å². The minimum Gasteiger partial charge on any atom is -0.382 e. The molecule has 4 aromatic rings. The van der Waals surface area contributed by atoms with Gasteiger partial charge in [-0.2, -0.15) is 0 Å². The highest BCUT2D eigenvalue weighted by atomic mass is 16.2. The first-order valence-electron chi connectivity index (χ1n) is 10.9. The average Bonchev–Trinajstić information content (AvgIpc) is 3.46. The monoisotopic (exact) mass is 439 g/mol. The van der Waals surface area contributed by atoms with E-state index in [1.807, 2.05) is 52.8 Å². The molecule has 1 fully saturated rings. The van der Waals surface area contributed by atoms with Gasteiger partial charge in [0.25, 0.3) is 0 Å². The molecule has 3 aromatic heterocycles. The molecule has 0 saturated carbocycles. The average molecular weight is 440 g/mol. The van der Waals surface area contributed by atoms with Crippen molar-refractivity contribution in [1.29, 1.82) is 0 Å². The number of carbonyl (C=O) groups excluding carboxylic acids is 1. The summed E-state index contributed by atoms with van der Waals surface area (Å²) in [6.07, 6.45) is 8.40. The highest BCUT2D eigenvalue weighted by Crippen LogP contribution is 2.37. The van der Waals surface area contributed by atoms with Gasteiger partial charge in [0, 0.05) is 36.4 Å². The number of nitrogen functional groups attached to an aromatic ring is 1. The van der Waals surface area contributed by atoms with E-state index in [4.69, 9.17) is 10.7 Å². The van der Waals surface area contributed by atoms with Crippen molar-refractivity contribution in [2.24, 2.45) is 0 Å². The van der Waals surface area contributed by atoms with Gasteiger partial charge < -0.3 is 16.0 Å². The van der Waals surface area contributed by atoms with Gasteiger partial charge in [-0.1, -0.05) is 18.7 Å². The van der Waals surface area contributed by atoms with Crippen LogP contribution in [0.3, 0.4) is 0 Å². The molecule has 1 aromatic carbocycles. The minimum absolute atomic E-state index is 0.0846. The molecule has 33 heavy (non-hydrogen) atoms. The van der Waals surface area contributed by atoms with Gasteiger partial charge in [-0.15, -0.1) is 0 Å². The molecule has 1 aliphatic rings. The normalized spacial score (nSPS) is 15.7. The third-order valence-corrected chi connectivity index (χ3v) is 6.05. The lowest BCUT2D eigenvalue weighted by Crippen LogP contribution is -2.29. The largest absolute Gasteiger partial charge is 0.382 e. The molecule has 3 N–H and O–H groups in total. The Kier molecular flexibility index (Phi) is 5.26. The topological polar surface area (TPSA) is 101 Å². The molecule has 5 rings (SSSR count). The summed E-state index contributed by atoms with van der Waals surface area (Å²) >= 11 is 0.